The van der Waals surface area contributed by atoms with Gasteiger partial charge in [0.05, 0.1) is 5.54 Å². The quantitative estimate of drug-likeness (QED) is 0.904. The van der Waals surface area contributed by atoms with E-state index in [4.69, 9.17) is 0 Å². The number of benzene rings is 2. The molecule has 2 heteroatoms. The van der Waals surface area contributed by atoms with Crippen LogP contribution in [0, 0.1) is 0 Å². The molecule has 3 rings (SSSR count). The Labute approximate surface area is 132 Å². The van der Waals surface area contributed by atoms with E-state index in [1.54, 1.807) is 0 Å². The molecule has 1 aliphatic rings. The summed E-state index contributed by atoms with van der Waals surface area (Å²) in [6.07, 6.45) is 1.91. The first-order chi connectivity index (χ1) is 10.7. The summed E-state index contributed by atoms with van der Waals surface area (Å²) < 4.78 is 0. The Kier molecular flexibility index (Phi) is 4.12. The molecular weight excluding hydrogens is 270 g/mol. The molecule has 2 unspecified atom stereocenters. The van der Waals surface area contributed by atoms with Gasteiger partial charge < -0.3 is 5.32 Å². The van der Waals surface area contributed by atoms with E-state index >= 15 is 0 Å². The molecule has 0 aromatic heterocycles. The summed E-state index contributed by atoms with van der Waals surface area (Å²) in [4.78, 5) is 12.9. The minimum absolute atomic E-state index is 0.239. The average Bonchev–Trinajstić information content (AvgIpc) is 2.77. The van der Waals surface area contributed by atoms with Crippen LogP contribution < -0.4 is 5.32 Å². The molecule has 2 aromatic carbocycles. The lowest BCUT2D eigenvalue weighted by Gasteiger charge is -2.31. The van der Waals surface area contributed by atoms with Crippen molar-refractivity contribution in [2.24, 2.45) is 0 Å². The smallest absolute Gasteiger partial charge is 0.183 e. The Balaban J connectivity index is 1.76. The average molecular weight is 293 g/mol. The summed E-state index contributed by atoms with van der Waals surface area (Å²) in [5.74, 6) is 0.495. The van der Waals surface area contributed by atoms with Crippen LogP contribution >= 0.6 is 0 Å². The monoisotopic (exact) mass is 293 g/mol. The van der Waals surface area contributed by atoms with Gasteiger partial charge in [-0.2, -0.15) is 0 Å². The summed E-state index contributed by atoms with van der Waals surface area (Å²) in [5, 5.41) is 3.55. The molecule has 2 nitrogen and oxygen atoms in total. The molecule has 1 aliphatic carbocycles. The molecule has 2 aromatic rings. The molecule has 1 N–H and O–H groups in total. The molecule has 22 heavy (non-hydrogen) atoms. The van der Waals surface area contributed by atoms with E-state index in [1.807, 2.05) is 24.3 Å². The predicted octanol–water partition coefficient (Wildman–Crippen LogP) is 3.97. The van der Waals surface area contributed by atoms with Crippen molar-refractivity contribution in [2.45, 2.75) is 38.1 Å². The normalized spacial score (nSPS) is 23.5. The Hall–Kier alpha value is -1.93. The number of ketones is 1. The minimum atomic E-state index is -0.479. The summed E-state index contributed by atoms with van der Waals surface area (Å²) in [6.45, 7) is 5.04. The maximum absolute atomic E-state index is 12.9. The number of nitrogens with one attached hydrogen (secondary N) is 1. The van der Waals surface area contributed by atoms with Crippen molar-refractivity contribution in [1.82, 2.24) is 5.32 Å². The van der Waals surface area contributed by atoms with Crippen molar-refractivity contribution in [3.63, 3.8) is 0 Å². The molecule has 0 spiro atoms. The topological polar surface area (TPSA) is 29.1 Å². The van der Waals surface area contributed by atoms with E-state index in [1.165, 1.54) is 11.1 Å². The fourth-order valence-corrected chi connectivity index (χ4v) is 3.70. The second-order valence-corrected chi connectivity index (χ2v) is 6.24. The number of Topliss-reactive ketones (excluding diaryl/α,β-unsaturated/α-hetero) is 1. The second kappa shape index (κ2) is 6.05. The number of fused-ring (bicyclic) bond motifs is 1. The summed E-state index contributed by atoms with van der Waals surface area (Å²) in [5.41, 5.74) is 2.91. The molecule has 0 saturated heterocycles. The van der Waals surface area contributed by atoms with Crippen molar-refractivity contribution in [3.05, 3.63) is 71.3 Å². The van der Waals surface area contributed by atoms with Gasteiger partial charge in [0.1, 0.15) is 0 Å². The molecule has 2 atom stereocenters. The third-order valence-corrected chi connectivity index (χ3v) is 4.91. The van der Waals surface area contributed by atoms with Gasteiger partial charge in [-0.25, -0.2) is 0 Å². The van der Waals surface area contributed by atoms with Crippen LogP contribution in [0.1, 0.15) is 47.7 Å². The first kappa shape index (κ1) is 15.0. The highest BCUT2D eigenvalue weighted by atomic mass is 16.1. The van der Waals surface area contributed by atoms with Crippen LogP contribution in [-0.4, -0.2) is 17.9 Å². The van der Waals surface area contributed by atoms with Crippen LogP contribution in [0.4, 0.5) is 0 Å². The maximum Gasteiger partial charge on any atom is 0.183 e. The first-order valence-electron chi connectivity index (χ1n) is 8.09. The largest absolute Gasteiger partial charge is 0.304 e. The first-order valence-corrected chi connectivity index (χ1v) is 8.09. The molecule has 0 amide bonds. The van der Waals surface area contributed by atoms with Crippen molar-refractivity contribution in [3.8, 4) is 0 Å². The maximum atomic E-state index is 12.9. The highest BCUT2D eigenvalue weighted by Crippen LogP contribution is 2.42. The number of hydrogen-bond donors (Lipinski definition) is 1. The number of hydrogen-bond acceptors (Lipinski definition) is 2. The zero-order valence-electron chi connectivity index (χ0n) is 13.3. The molecule has 0 bridgehead atoms. The lowest BCUT2D eigenvalue weighted by Crippen LogP contribution is -2.50. The molecule has 0 saturated carbocycles. The zero-order valence-corrected chi connectivity index (χ0v) is 13.3. The molecular formula is C20H23NO. The minimum Gasteiger partial charge on any atom is -0.304 e. The van der Waals surface area contributed by atoms with Gasteiger partial charge in [0, 0.05) is 18.0 Å². The fraction of sp³-hybridized carbons (Fsp3) is 0.350. The highest BCUT2D eigenvalue weighted by Gasteiger charge is 2.48. The second-order valence-electron chi connectivity index (χ2n) is 6.24. The van der Waals surface area contributed by atoms with E-state index in [0.717, 1.165) is 24.9 Å². The molecule has 114 valence electrons. The molecule has 0 fully saturated rings. The standard InChI is InChI=1S/C20H23NO/c1-3-18-16-11-7-8-12-17(16)19(22)20(18,2)21-14-13-15-9-5-4-6-10-15/h4-12,18,21H,3,13-14H2,1-2H3. The number of rotatable bonds is 5. The number of carbonyl (C=O) groups is 1. The van der Waals surface area contributed by atoms with E-state index < -0.39 is 5.54 Å². The van der Waals surface area contributed by atoms with Crippen LogP contribution in [0.15, 0.2) is 54.6 Å². The van der Waals surface area contributed by atoms with Gasteiger partial charge in [0.25, 0.3) is 0 Å². The highest BCUT2D eigenvalue weighted by molar-refractivity contribution is 6.08. The van der Waals surface area contributed by atoms with Crippen LogP contribution in [0.3, 0.4) is 0 Å². The zero-order chi connectivity index (χ0) is 15.6. The van der Waals surface area contributed by atoms with Gasteiger partial charge in [0.2, 0.25) is 0 Å². The Morgan fingerprint density at radius 2 is 1.73 bits per heavy atom. The molecule has 0 radical (unpaired) electrons. The molecule has 0 aliphatic heterocycles. The Morgan fingerprint density at radius 1 is 1.05 bits per heavy atom. The summed E-state index contributed by atoms with van der Waals surface area (Å²) in [7, 11) is 0. The van der Waals surface area contributed by atoms with Crippen LogP contribution in [0.5, 0.6) is 0 Å². The third kappa shape index (κ3) is 2.48. The van der Waals surface area contributed by atoms with Crippen molar-refractivity contribution in [1.29, 1.82) is 0 Å². The lowest BCUT2D eigenvalue weighted by molar-refractivity contribution is 0.0864. The van der Waals surface area contributed by atoms with E-state index in [9.17, 15) is 4.79 Å². The van der Waals surface area contributed by atoms with Crippen molar-refractivity contribution >= 4 is 5.78 Å². The summed E-state index contributed by atoms with van der Waals surface area (Å²) >= 11 is 0. The summed E-state index contributed by atoms with van der Waals surface area (Å²) in [6, 6.07) is 18.5. The van der Waals surface area contributed by atoms with E-state index in [-0.39, 0.29) is 11.7 Å². The van der Waals surface area contributed by atoms with Gasteiger partial charge >= 0.3 is 0 Å². The van der Waals surface area contributed by atoms with Crippen LogP contribution in [0.25, 0.3) is 0 Å². The van der Waals surface area contributed by atoms with Crippen LogP contribution in [-0.2, 0) is 6.42 Å². The van der Waals surface area contributed by atoms with Crippen molar-refractivity contribution < 1.29 is 4.79 Å². The Bertz CT molecular complexity index is 664. The van der Waals surface area contributed by atoms with Gasteiger partial charge in [0.15, 0.2) is 5.78 Å². The molecule has 0 heterocycles. The van der Waals surface area contributed by atoms with Gasteiger partial charge in [-0.05, 0) is 30.9 Å². The third-order valence-electron chi connectivity index (χ3n) is 4.91. The van der Waals surface area contributed by atoms with Gasteiger partial charge in [-0.3, -0.25) is 4.79 Å². The van der Waals surface area contributed by atoms with Gasteiger partial charge in [-0.1, -0.05) is 61.5 Å². The van der Waals surface area contributed by atoms with Crippen molar-refractivity contribution in [2.75, 3.05) is 6.54 Å². The van der Waals surface area contributed by atoms with E-state index in [0.29, 0.717) is 0 Å². The number of carbonyl (C=O) groups excluding carboxylic acids is 1. The Morgan fingerprint density at radius 3 is 2.45 bits per heavy atom. The fourth-order valence-electron chi connectivity index (χ4n) is 3.70. The lowest BCUT2D eigenvalue weighted by atomic mass is 9.83. The predicted molar refractivity (Wildman–Crippen MR) is 90.4 cm³/mol. The van der Waals surface area contributed by atoms with Crippen LogP contribution in [0.2, 0.25) is 0 Å². The van der Waals surface area contributed by atoms with Gasteiger partial charge in [-0.15, -0.1) is 0 Å². The SMILES string of the molecule is CCC1c2ccccc2C(=O)C1(C)NCCc1ccccc1. The van der Waals surface area contributed by atoms with E-state index in [2.05, 4.69) is 49.5 Å².